The summed E-state index contributed by atoms with van der Waals surface area (Å²) in [6.45, 7) is 0.675. The van der Waals surface area contributed by atoms with E-state index in [0.717, 1.165) is 10.6 Å². The minimum atomic E-state index is -0.580. The summed E-state index contributed by atoms with van der Waals surface area (Å²) in [5.74, 6) is 1.39. The summed E-state index contributed by atoms with van der Waals surface area (Å²) in [7, 11) is 1.94. The van der Waals surface area contributed by atoms with Crippen molar-refractivity contribution in [3.63, 3.8) is 0 Å². The van der Waals surface area contributed by atoms with Gasteiger partial charge in [0.1, 0.15) is 5.75 Å². The molecule has 8 heteroatoms. The van der Waals surface area contributed by atoms with Gasteiger partial charge in [0.15, 0.2) is 11.9 Å². The van der Waals surface area contributed by atoms with Gasteiger partial charge in [-0.25, -0.2) is 0 Å². The minimum absolute atomic E-state index is 0.193. The van der Waals surface area contributed by atoms with E-state index >= 15 is 0 Å². The molecule has 1 atom stereocenters. The number of nitrogens with one attached hydrogen (secondary N) is 1. The van der Waals surface area contributed by atoms with Gasteiger partial charge in [0, 0.05) is 7.05 Å². The number of aromatic nitrogens is 2. The number of benzene rings is 1. The number of carbonyl (C=O) groups is 1. The molecule has 3 heterocycles. The minimum Gasteiger partial charge on any atom is -0.477 e. The molecule has 1 aliphatic rings. The number of para-hydroxylation sites is 2. The molecule has 0 bridgehead atoms. The van der Waals surface area contributed by atoms with Crippen molar-refractivity contribution in [2.45, 2.75) is 12.6 Å². The molecular formula is C17H16N4O3S. The SMILES string of the molecule is CN1CC(C(=O)NCc2noc(-c3cccs3)n2)Oc2ccccc21. The molecule has 3 aromatic rings. The van der Waals surface area contributed by atoms with E-state index in [-0.39, 0.29) is 12.5 Å². The lowest BCUT2D eigenvalue weighted by Crippen LogP contribution is -2.47. The number of amides is 1. The Morgan fingerprint density at radius 1 is 1.36 bits per heavy atom. The highest BCUT2D eigenvalue weighted by atomic mass is 32.1. The molecule has 7 nitrogen and oxygen atoms in total. The van der Waals surface area contributed by atoms with E-state index in [4.69, 9.17) is 9.26 Å². The monoisotopic (exact) mass is 356 g/mol. The van der Waals surface area contributed by atoms with Gasteiger partial charge in [-0.15, -0.1) is 11.3 Å². The fraction of sp³-hybridized carbons (Fsp3) is 0.235. The highest BCUT2D eigenvalue weighted by Crippen LogP contribution is 2.31. The van der Waals surface area contributed by atoms with E-state index in [1.807, 2.05) is 53.7 Å². The van der Waals surface area contributed by atoms with Crippen molar-refractivity contribution in [2.24, 2.45) is 0 Å². The topological polar surface area (TPSA) is 80.5 Å². The summed E-state index contributed by atoms with van der Waals surface area (Å²) in [5, 5.41) is 8.64. The molecule has 0 spiro atoms. The molecule has 0 aliphatic carbocycles. The van der Waals surface area contributed by atoms with Crippen LogP contribution in [-0.4, -0.2) is 35.7 Å². The van der Waals surface area contributed by atoms with E-state index in [0.29, 0.717) is 24.0 Å². The number of nitrogens with zero attached hydrogens (tertiary/aromatic N) is 3. The molecule has 25 heavy (non-hydrogen) atoms. The third-order valence-corrected chi connectivity index (χ3v) is 4.76. The molecule has 0 fully saturated rings. The van der Waals surface area contributed by atoms with E-state index in [2.05, 4.69) is 15.5 Å². The van der Waals surface area contributed by atoms with Gasteiger partial charge in [0.25, 0.3) is 11.8 Å². The first-order valence-electron chi connectivity index (χ1n) is 7.82. The number of carbonyl (C=O) groups excluding carboxylic acids is 1. The van der Waals surface area contributed by atoms with Crippen molar-refractivity contribution in [3.05, 3.63) is 47.6 Å². The number of rotatable bonds is 4. The Labute approximate surface area is 148 Å². The second-order valence-corrected chi connectivity index (χ2v) is 6.61. The highest BCUT2D eigenvalue weighted by Gasteiger charge is 2.28. The van der Waals surface area contributed by atoms with Crippen LogP contribution in [0.25, 0.3) is 10.8 Å². The predicted molar refractivity (Wildman–Crippen MR) is 93.6 cm³/mol. The summed E-state index contributed by atoms with van der Waals surface area (Å²) < 4.78 is 11.0. The van der Waals surface area contributed by atoms with Crippen LogP contribution in [0.5, 0.6) is 5.75 Å². The van der Waals surface area contributed by atoms with Gasteiger partial charge in [0.2, 0.25) is 0 Å². The van der Waals surface area contributed by atoms with Gasteiger partial charge < -0.3 is 19.5 Å². The second-order valence-electron chi connectivity index (χ2n) is 5.67. The van der Waals surface area contributed by atoms with Crippen molar-refractivity contribution in [1.82, 2.24) is 15.5 Å². The first-order chi connectivity index (χ1) is 12.2. The standard InChI is InChI=1S/C17H16N4O3S/c1-21-10-13(23-12-6-3-2-5-11(12)21)16(22)18-9-15-19-17(24-20-15)14-7-4-8-25-14/h2-8,13H,9-10H2,1H3,(H,18,22). The Morgan fingerprint density at radius 3 is 3.08 bits per heavy atom. The first-order valence-corrected chi connectivity index (χ1v) is 8.69. The van der Waals surface area contributed by atoms with Gasteiger partial charge in [-0.05, 0) is 23.6 Å². The summed E-state index contributed by atoms with van der Waals surface area (Å²) in [4.78, 5) is 19.6. The molecule has 4 rings (SSSR count). The molecule has 2 aromatic heterocycles. The van der Waals surface area contributed by atoms with Crippen molar-refractivity contribution in [2.75, 3.05) is 18.5 Å². The van der Waals surface area contributed by atoms with E-state index in [9.17, 15) is 4.79 Å². The number of fused-ring (bicyclic) bond motifs is 1. The summed E-state index contributed by atoms with van der Waals surface area (Å²) in [5.41, 5.74) is 0.977. The van der Waals surface area contributed by atoms with Gasteiger partial charge >= 0.3 is 0 Å². The normalized spacial score (nSPS) is 16.2. The van der Waals surface area contributed by atoms with Gasteiger partial charge in [0.05, 0.1) is 23.7 Å². The molecule has 0 saturated carbocycles. The number of anilines is 1. The maximum absolute atomic E-state index is 12.4. The Morgan fingerprint density at radius 2 is 2.24 bits per heavy atom. The molecule has 1 N–H and O–H groups in total. The Kier molecular flexibility index (Phi) is 4.10. The quantitative estimate of drug-likeness (QED) is 0.773. The van der Waals surface area contributed by atoms with Crippen LogP contribution in [0.3, 0.4) is 0 Å². The van der Waals surface area contributed by atoms with E-state index < -0.39 is 6.10 Å². The first kappa shape index (κ1) is 15.6. The van der Waals surface area contributed by atoms with Crippen molar-refractivity contribution >= 4 is 22.9 Å². The molecule has 0 saturated heterocycles. The highest BCUT2D eigenvalue weighted by molar-refractivity contribution is 7.13. The predicted octanol–water partition coefficient (Wildman–Crippen LogP) is 2.31. The smallest absolute Gasteiger partial charge is 0.268 e. The number of ether oxygens (including phenoxy) is 1. The zero-order valence-electron chi connectivity index (χ0n) is 13.5. The number of thiophene rings is 1. The van der Waals surface area contributed by atoms with Gasteiger partial charge in [-0.1, -0.05) is 23.4 Å². The maximum atomic E-state index is 12.4. The molecule has 1 unspecified atom stereocenters. The third-order valence-electron chi connectivity index (χ3n) is 3.90. The van der Waals surface area contributed by atoms with Crippen molar-refractivity contribution in [3.8, 4) is 16.5 Å². The number of likely N-dealkylation sites (N-methyl/N-ethyl adjacent to an activating group) is 1. The van der Waals surface area contributed by atoms with E-state index in [1.54, 1.807) is 0 Å². The molecule has 0 radical (unpaired) electrons. The Bertz CT molecular complexity index is 878. The molecule has 128 valence electrons. The maximum Gasteiger partial charge on any atom is 0.268 e. The fourth-order valence-electron chi connectivity index (χ4n) is 2.65. The van der Waals surface area contributed by atoms with E-state index in [1.165, 1.54) is 11.3 Å². The van der Waals surface area contributed by atoms with Crippen LogP contribution in [0, 0.1) is 0 Å². The molecule has 1 amide bonds. The van der Waals surface area contributed by atoms with Crippen molar-refractivity contribution < 1.29 is 14.1 Å². The van der Waals surface area contributed by atoms with Gasteiger partial charge in [-0.2, -0.15) is 4.98 Å². The Balaban J connectivity index is 1.38. The van der Waals surface area contributed by atoms with Crippen LogP contribution in [0.15, 0.2) is 46.3 Å². The number of hydrogen-bond acceptors (Lipinski definition) is 7. The fourth-order valence-corrected chi connectivity index (χ4v) is 3.30. The lowest BCUT2D eigenvalue weighted by atomic mass is 10.2. The largest absolute Gasteiger partial charge is 0.477 e. The summed E-state index contributed by atoms with van der Waals surface area (Å²) >= 11 is 1.52. The molecule has 1 aliphatic heterocycles. The van der Waals surface area contributed by atoms with Crippen LogP contribution in [0.1, 0.15) is 5.82 Å². The lowest BCUT2D eigenvalue weighted by molar-refractivity contribution is -0.128. The van der Waals surface area contributed by atoms with Crippen molar-refractivity contribution in [1.29, 1.82) is 0 Å². The van der Waals surface area contributed by atoms with Crippen LogP contribution < -0.4 is 15.0 Å². The third kappa shape index (κ3) is 3.20. The second kappa shape index (κ2) is 6.56. The number of hydrogen-bond donors (Lipinski definition) is 1. The molecular weight excluding hydrogens is 340 g/mol. The Hall–Kier alpha value is -2.87. The average molecular weight is 356 g/mol. The van der Waals surface area contributed by atoms with Crippen LogP contribution >= 0.6 is 11.3 Å². The average Bonchev–Trinajstić information content (AvgIpc) is 3.31. The van der Waals surface area contributed by atoms with Gasteiger partial charge in [-0.3, -0.25) is 4.79 Å². The summed E-state index contributed by atoms with van der Waals surface area (Å²) in [6, 6.07) is 11.5. The summed E-state index contributed by atoms with van der Waals surface area (Å²) in [6.07, 6.45) is -0.580. The zero-order chi connectivity index (χ0) is 17.2. The van der Waals surface area contributed by atoms with Crippen LogP contribution in [0.2, 0.25) is 0 Å². The zero-order valence-corrected chi connectivity index (χ0v) is 14.3. The lowest BCUT2D eigenvalue weighted by Gasteiger charge is -2.32. The molecule has 1 aromatic carbocycles. The van der Waals surface area contributed by atoms with Crippen LogP contribution in [0.4, 0.5) is 5.69 Å². The van der Waals surface area contributed by atoms with Crippen LogP contribution in [-0.2, 0) is 11.3 Å².